The van der Waals surface area contributed by atoms with Crippen LogP contribution in [-0.4, -0.2) is 23.6 Å². The van der Waals surface area contributed by atoms with Crippen molar-refractivity contribution in [2.24, 2.45) is 14.1 Å². The summed E-state index contributed by atoms with van der Waals surface area (Å²) in [4.78, 5) is 0. The van der Waals surface area contributed by atoms with Gasteiger partial charge >= 0.3 is 14.5 Å². The van der Waals surface area contributed by atoms with Crippen molar-refractivity contribution in [2.45, 2.75) is 59.5 Å². The number of imidazole rings is 2. The van der Waals surface area contributed by atoms with Gasteiger partial charge in [-0.15, -0.1) is 0 Å². The Balaban J connectivity index is 0. The van der Waals surface area contributed by atoms with E-state index < -0.39 is 14.5 Å². The Morgan fingerprint density at radius 2 is 1.23 bits per heavy atom. The first-order chi connectivity index (χ1) is 14.1. The van der Waals surface area contributed by atoms with E-state index in [1.165, 1.54) is 31.5 Å². The zero-order chi connectivity index (χ0) is 24.7. The first-order valence-electron chi connectivity index (χ1n) is 9.85. The Kier molecular flexibility index (Phi) is 15.8. The van der Waals surface area contributed by atoms with E-state index in [4.69, 9.17) is 0 Å². The van der Waals surface area contributed by atoms with Crippen molar-refractivity contribution in [1.29, 1.82) is 0 Å². The molecule has 4 nitrogen and oxygen atoms in total. The molecule has 2 heterocycles. The molecule has 0 bridgehead atoms. The van der Waals surface area contributed by atoms with Gasteiger partial charge in [-0.2, -0.15) is 0 Å². The van der Waals surface area contributed by atoms with Crippen LogP contribution in [0.25, 0.3) is 0 Å². The molecule has 0 aromatic carbocycles. The molecule has 2 rings (SSSR count). The third-order valence-corrected chi connectivity index (χ3v) is 3.74. The van der Waals surface area contributed by atoms with Crippen LogP contribution in [0.5, 0.6) is 0 Å². The summed E-state index contributed by atoms with van der Waals surface area (Å²) in [5.74, 6) is 1.33. The fourth-order valence-electron chi connectivity index (χ4n) is 2.14. The zero-order valence-corrected chi connectivity index (χ0v) is 18.6. The van der Waals surface area contributed by atoms with Crippen LogP contribution in [0.15, 0.2) is 31.1 Å². The molecule has 182 valence electrons. The summed E-state index contributed by atoms with van der Waals surface area (Å²) < 4.78 is 86.7. The highest BCUT2D eigenvalue weighted by Gasteiger charge is 2.21. The van der Waals surface area contributed by atoms with Gasteiger partial charge in [-0.25, -0.2) is 18.3 Å². The van der Waals surface area contributed by atoms with Gasteiger partial charge in [0, 0.05) is 6.92 Å². The van der Waals surface area contributed by atoms with Gasteiger partial charge in [-0.05, 0) is 12.8 Å². The number of aryl methyl sites for hydroxylation is 4. The molecule has 0 atom stereocenters. The van der Waals surface area contributed by atoms with Gasteiger partial charge in [0.25, 0.3) is 5.82 Å². The van der Waals surface area contributed by atoms with Crippen LogP contribution < -0.4 is 9.13 Å². The minimum Gasteiger partial charge on any atom is -0.418 e. The van der Waals surface area contributed by atoms with Crippen LogP contribution in [0.4, 0.5) is 34.5 Å². The van der Waals surface area contributed by atoms with Gasteiger partial charge in [0.2, 0.25) is 6.33 Å². The fraction of sp³-hybridized carbons (Fsp3) is 0.647. The molecule has 0 aliphatic rings. The Morgan fingerprint density at radius 3 is 1.55 bits per heavy atom. The molecule has 0 aliphatic heterocycles. The first kappa shape index (κ1) is 31.2. The molecule has 0 N–H and O–H groups in total. The van der Waals surface area contributed by atoms with Crippen molar-refractivity contribution in [3.63, 3.8) is 0 Å². The van der Waals surface area contributed by atoms with E-state index in [9.17, 15) is 34.5 Å². The van der Waals surface area contributed by atoms with E-state index in [0.29, 0.717) is 0 Å². The van der Waals surface area contributed by atoms with Crippen molar-refractivity contribution < 1.29 is 43.7 Å². The molecule has 0 saturated carbocycles. The normalized spacial score (nSPS) is 10.9. The molecule has 31 heavy (non-hydrogen) atoms. The molecule has 0 radical (unpaired) electrons. The minimum absolute atomic E-state index is 1.15. The van der Waals surface area contributed by atoms with E-state index >= 15 is 0 Å². The highest BCUT2D eigenvalue weighted by atomic mass is 19.5. The van der Waals surface area contributed by atoms with Crippen molar-refractivity contribution >= 4 is 14.5 Å². The molecule has 2 aromatic heterocycles. The number of halogens is 8. The predicted octanol–water partition coefficient (Wildman–Crippen LogP) is 5.13. The van der Waals surface area contributed by atoms with Crippen molar-refractivity contribution in [3.8, 4) is 0 Å². The van der Waals surface area contributed by atoms with Crippen molar-refractivity contribution in [2.75, 3.05) is 0 Å². The quantitative estimate of drug-likeness (QED) is 0.319. The van der Waals surface area contributed by atoms with Gasteiger partial charge in [0.05, 0.1) is 27.2 Å². The molecule has 14 heteroatoms. The Labute approximate surface area is 178 Å². The van der Waals surface area contributed by atoms with Crippen molar-refractivity contribution in [3.05, 3.63) is 36.9 Å². The van der Waals surface area contributed by atoms with Crippen LogP contribution in [0, 0.1) is 6.92 Å². The second-order valence-electron chi connectivity index (χ2n) is 6.66. The highest BCUT2D eigenvalue weighted by Crippen LogP contribution is 2.07. The number of nitrogens with zero attached hydrogens (tertiary/aromatic N) is 4. The van der Waals surface area contributed by atoms with E-state index in [1.807, 2.05) is 7.05 Å². The van der Waals surface area contributed by atoms with Crippen molar-refractivity contribution in [1.82, 2.24) is 9.13 Å². The van der Waals surface area contributed by atoms with Gasteiger partial charge < -0.3 is 34.5 Å². The maximum absolute atomic E-state index is 9.75. The molecular formula is C17H32B2F8N4. The SMILES string of the molecule is CCCCn1cc[n+](C)c1.CCCCn1cc[n+](C)c1C.F[B-](F)(F)F.F[B-](F)(F)F. The summed E-state index contributed by atoms with van der Waals surface area (Å²) in [6, 6.07) is 0. The molecule has 0 spiro atoms. The summed E-state index contributed by atoms with van der Waals surface area (Å²) in [6.45, 7) is 8.89. The Bertz CT molecular complexity index is 675. The smallest absolute Gasteiger partial charge is 0.418 e. The first-order valence-corrected chi connectivity index (χ1v) is 9.85. The second kappa shape index (κ2) is 15.7. The maximum atomic E-state index is 9.75. The molecule has 0 unspecified atom stereocenters. The fourth-order valence-corrected chi connectivity index (χ4v) is 2.14. The molecule has 0 amide bonds. The van der Waals surface area contributed by atoms with E-state index in [-0.39, 0.29) is 0 Å². The number of hydrogen-bond donors (Lipinski definition) is 0. The molecular weight excluding hydrogens is 434 g/mol. The largest absolute Gasteiger partial charge is 0.673 e. The summed E-state index contributed by atoms with van der Waals surface area (Å²) in [5, 5.41) is 0. The maximum Gasteiger partial charge on any atom is 0.673 e. The van der Waals surface area contributed by atoms with Gasteiger partial charge in [0.15, 0.2) is 0 Å². The van der Waals surface area contributed by atoms with E-state index in [2.05, 4.69) is 77.2 Å². The third-order valence-electron chi connectivity index (χ3n) is 3.74. The lowest BCUT2D eigenvalue weighted by Crippen LogP contribution is -2.29. The molecule has 2 aromatic rings. The van der Waals surface area contributed by atoms with Crippen LogP contribution in [0.3, 0.4) is 0 Å². The van der Waals surface area contributed by atoms with Crippen LogP contribution in [-0.2, 0) is 27.2 Å². The molecule has 0 fully saturated rings. The van der Waals surface area contributed by atoms with Crippen LogP contribution in [0.1, 0.15) is 45.4 Å². The Hall–Kier alpha value is -2.01. The van der Waals surface area contributed by atoms with E-state index in [1.54, 1.807) is 0 Å². The topological polar surface area (TPSA) is 17.6 Å². The summed E-state index contributed by atoms with van der Waals surface area (Å²) in [7, 11) is -7.87. The number of hydrogen-bond acceptors (Lipinski definition) is 0. The predicted molar refractivity (Wildman–Crippen MR) is 106 cm³/mol. The second-order valence-corrected chi connectivity index (χ2v) is 6.66. The number of rotatable bonds is 6. The number of unbranched alkanes of at least 4 members (excludes halogenated alkanes) is 2. The van der Waals surface area contributed by atoms with Gasteiger partial charge in [-0.3, -0.25) is 0 Å². The van der Waals surface area contributed by atoms with E-state index in [0.717, 1.165) is 13.1 Å². The lowest BCUT2D eigenvalue weighted by atomic mass is 10.3. The summed E-state index contributed by atoms with van der Waals surface area (Å²) in [6.07, 6.45) is 15.6. The van der Waals surface area contributed by atoms with Gasteiger partial charge in [0.1, 0.15) is 24.8 Å². The summed E-state index contributed by atoms with van der Waals surface area (Å²) in [5.41, 5.74) is 0. The summed E-state index contributed by atoms with van der Waals surface area (Å²) >= 11 is 0. The average molecular weight is 466 g/mol. The lowest BCUT2D eigenvalue weighted by Gasteiger charge is -1.95. The van der Waals surface area contributed by atoms with Crippen LogP contribution >= 0.6 is 0 Å². The highest BCUT2D eigenvalue weighted by molar-refractivity contribution is 6.50. The monoisotopic (exact) mass is 466 g/mol. The molecule has 0 saturated heterocycles. The number of aromatic nitrogens is 4. The average Bonchev–Trinajstić information content (AvgIpc) is 3.15. The van der Waals surface area contributed by atoms with Crippen LogP contribution in [0.2, 0.25) is 0 Å². The third kappa shape index (κ3) is 24.1. The Morgan fingerprint density at radius 1 is 0.774 bits per heavy atom. The minimum atomic E-state index is -6.00. The standard InChI is InChI=1S/C9H17N2.C8H15N2.2BF4/c1-4-5-6-11-8-7-10(3)9(11)2;1-3-4-5-10-7-6-9(2)8-10;2*2-1(3,4)5/h7-8H,4-6H2,1-3H3;6-8H,3-5H2,1-2H3;;/q2*+1;2*-1. The zero-order valence-electron chi connectivity index (χ0n) is 18.6. The van der Waals surface area contributed by atoms with Gasteiger partial charge in [-0.1, -0.05) is 26.7 Å². The lowest BCUT2D eigenvalue weighted by molar-refractivity contribution is -0.677. The molecule has 0 aliphatic carbocycles.